The first-order valence-electron chi connectivity index (χ1n) is 13.7. The molecule has 1 fully saturated rings. The zero-order valence-electron chi connectivity index (χ0n) is 23.8. The maximum atomic E-state index is 5.56. The molecule has 4 heterocycles. The Morgan fingerprint density at radius 1 is 0.860 bits per heavy atom. The lowest BCUT2D eigenvalue weighted by atomic mass is 10.0. The standard InChI is InChI=1S/C30H30N8O3.2ClH/c1-37-35-29(34-36-37)21-6-4-20(5-7-21)28-24-9-8-23(39-2)16-25(24)30(33-32-28)31-22-11-13-38(14-12-22)17-19-3-10-26-27(15-19)41-18-40-26;;/h3-10,15-16,22H,11-14,17-18H2,1-2H3,(H,31,33);2*1H. The van der Waals surface area contributed by atoms with Crippen molar-refractivity contribution in [3.63, 3.8) is 0 Å². The Hall–Kier alpha value is -4.19. The van der Waals surface area contributed by atoms with Gasteiger partial charge in [-0.25, -0.2) is 0 Å². The van der Waals surface area contributed by atoms with Crippen LogP contribution < -0.4 is 19.5 Å². The van der Waals surface area contributed by atoms with Crippen LogP contribution >= 0.6 is 24.8 Å². The van der Waals surface area contributed by atoms with E-state index < -0.39 is 0 Å². The molecule has 2 aliphatic rings. The van der Waals surface area contributed by atoms with E-state index in [0.717, 1.165) is 83.1 Å². The van der Waals surface area contributed by atoms with Gasteiger partial charge in [0.1, 0.15) is 11.4 Å². The van der Waals surface area contributed by atoms with Crippen molar-refractivity contribution in [2.75, 3.05) is 32.3 Å². The van der Waals surface area contributed by atoms with Crippen molar-refractivity contribution >= 4 is 41.4 Å². The van der Waals surface area contributed by atoms with Gasteiger partial charge in [-0.2, -0.15) is 4.80 Å². The summed E-state index contributed by atoms with van der Waals surface area (Å²) in [4.78, 5) is 3.93. The van der Waals surface area contributed by atoms with Crippen molar-refractivity contribution < 1.29 is 14.2 Å². The normalized spacial score (nSPS) is 14.7. The second-order valence-corrected chi connectivity index (χ2v) is 10.4. The van der Waals surface area contributed by atoms with Crippen molar-refractivity contribution in [2.45, 2.75) is 25.4 Å². The van der Waals surface area contributed by atoms with Crippen molar-refractivity contribution in [3.8, 4) is 39.9 Å². The number of hydrogen-bond donors (Lipinski definition) is 1. The van der Waals surface area contributed by atoms with Gasteiger partial charge in [0.2, 0.25) is 12.6 Å². The van der Waals surface area contributed by atoms with E-state index in [0.29, 0.717) is 18.7 Å². The highest BCUT2D eigenvalue weighted by atomic mass is 35.5. The van der Waals surface area contributed by atoms with E-state index in [-0.39, 0.29) is 24.8 Å². The summed E-state index contributed by atoms with van der Waals surface area (Å²) in [5.41, 5.74) is 3.90. The fourth-order valence-corrected chi connectivity index (χ4v) is 5.48. The number of aryl methyl sites for hydroxylation is 1. The summed E-state index contributed by atoms with van der Waals surface area (Å²) >= 11 is 0. The number of rotatable bonds is 7. The summed E-state index contributed by atoms with van der Waals surface area (Å²) in [6.07, 6.45) is 2.02. The van der Waals surface area contributed by atoms with E-state index in [4.69, 9.17) is 14.2 Å². The Morgan fingerprint density at radius 3 is 2.37 bits per heavy atom. The molecular weight excluding hydrogens is 591 g/mol. The summed E-state index contributed by atoms with van der Waals surface area (Å²) in [5.74, 6) is 3.80. The topological polar surface area (TPSA) is 112 Å². The van der Waals surface area contributed by atoms with Gasteiger partial charge >= 0.3 is 0 Å². The second kappa shape index (κ2) is 13.0. The molecule has 1 saturated heterocycles. The van der Waals surface area contributed by atoms with Gasteiger partial charge in [0.25, 0.3) is 0 Å². The highest BCUT2D eigenvalue weighted by Crippen LogP contribution is 2.35. The van der Waals surface area contributed by atoms with Crippen LogP contribution in [0.25, 0.3) is 33.4 Å². The number of fused-ring (bicyclic) bond motifs is 2. The first-order chi connectivity index (χ1) is 20.1. The maximum absolute atomic E-state index is 5.56. The van der Waals surface area contributed by atoms with Crippen LogP contribution in [0.1, 0.15) is 18.4 Å². The van der Waals surface area contributed by atoms with Crippen LogP contribution in [-0.4, -0.2) is 68.3 Å². The number of aromatic nitrogens is 6. The van der Waals surface area contributed by atoms with Crippen LogP contribution in [0.4, 0.5) is 5.82 Å². The average molecular weight is 624 g/mol. The Morgan fingerprint density at radius 2 is 1.63 bits per heavy atom. The molecule has 0 radical (unpaired) electrons. The lowest BCUT2D eigenvalue weighted by Crippen LogP contribution is -2.38. The van der Waals surface area contributed by atoms with Crippen LogP contribution in [0.3, 0.4) is 0 Å². The fraction of sp³-hybridized carbons (Fsp3) is 0.300. The Labute approximate surface area is 261 Å². The van der Waals surface area contributed by atoms with Gasteiger partial charge in [-0.05, 0) is 54.0 Å². The number of ether oxygens (including phenoxy) is 3. The predicted molar refractivity (Wildman–Crippen MR) is 168 cm³/mol. The largest absolute Gasteiger partial charge is 0.497 e. The van der Waals surface area contributed by atoms with Crippen LogP contribution in [0.5, 0.6) is 17.2 Å². The molecule has 2 aliphatic heterocycles. The van der Waals surface area contributed by atoms with Gasteiger partial charge in [-0.3, -0.25) is 4.90 Å². The van der Waals surface area contributed by atoms with Gasteiger partial charge in [-0.1, -0.05) is 30.3 Å². The summed E-state index contributed by atoms with van der Waals surface area (Å²) in [6.45, 7) is 3.18. The average Bonchev–Trinajstić information content (AvgIpc) is 3.67. The molecular formula is C30H32Cl2N8O3. The molecule has 0 saturated carbocycles. The first-order valence-corrected chi connectivity index (χ1v) is 13.7. The number of methoxy groups -OCH3 is 1. The highest BCUT2D eigenvalue weighted by Gasteiger charge is 2.22. The Bertz CT molecular complexity index is 1710. The number of piperidine rings is 1. The lowest BCUT2D eigenvalue weighted by Gasteiger charge is -2.32. The second-order valence-electron chi connectivity index (χ2n) is 10.4. The number of hydrogen-bond acceptors (Lipinski definition) is 10. The van der Waals surface area contributed by atoms with E-state index in [9.17, 15) is 0 Å². The third-order valence-corrected chi connectivity index (χ3v) is 7.68. The molecule has 0 atom stereocenters. The number of halogens is 2. The number of tetrazole rings is 1. The molecule has 11 nitrogen and oxygen atoms in total. The van der Waals surface area contributed by atoms with Crippen molar-refractivity contribution in [3.05, 3.63) is 66.2 Å². The summed E-state index contributed by atoms with van der Waals surface area (Å²) < 4.78 is 16.5. The van der Waals surface area contributed by atoms with E-state index in [1.54, 1.807) is 14.2 Å². The van der Waals surface area contributed by atoms with Gasteiger partial charge < -0.3 is 19.5 Å². The lowest BCUT2D eigenvalue weighted by molar-refractivity contribution is 0.173. The quantitative estimate of drug-likeness (QED) is 0.262. The SMILES string of the molecule is COc1ccc2c(-c3ccc(-c4nnn(C)n4)cc3)nnc(NC3CCN(Cc4ccc5c(c4)OCO5)CC3)c2c1.Cl.Cl. The summed E-state index contributed by atoms with van der Waals surface area (Å²) in [5, 5.41) is 27.3. The molecule has 0 bridgehead atoms. The minimum Gasteiger partial charge on any atom is -0.497 e. The number of anilines is 1. The van der Waals surface area contributed by atoms with Crippen LogP contribution in [0, 0.1) is 0 Å². The summed E-state index contributed by atoms with van der Waals surface area (Å²) in [7, 11) is 3.43. The van der Waals surface area contributed by atoms with Crippen LogP contribution in [0.2, 0.25) is 0 Å². The fourth-order valence-electron chi connectivity index (χ4n) is 5.48. The molecule has 2 aromatic heterocycles. The van der Waals surface area contributed by atoms with Gasteiger partial charge in [0, 0.05) is 47.6 Å². The van der Waals surface area contributed by atoms with Crippen LogP contribution in [0.15, 0.2) is 60.7 Å². The van der Waals surface area contributed by atoms with E-state index in [1.807, 2.05) is 42.5 Å². The van der Waals surface area contributed by atoms with Crippen molar-refractivity contribution in [1.29, 1.82) is 0 Å². The monoisotopic (exact) mass is 622 g/mol. The van der Waals surface area contributed by atoms with Gasteiger partial charge in [0.15, 0.2) is 17.3 Å². The molecule has 1 N–H and O–H groups in total. The molecule has 43 heavy (non-hydrogen) atoms. The minimum atomic E-state index is 0. The van der Waals surface area contributed by atoms with Crippen LogP contribution in [-0.2, 0) is 13.6 Å². The molecule has 5 aromatic rings. The number of nitrogens with zero attached hydrogens (tertiary/aromatic N) is 7. The molecule has 0 spiro atoms. The maximum Gasteiger partial charge on any atom is 0.231 e. The molecule has 13 heteroatoms. The van der Waals surface area contributed by atoms with Gasteiger partial charge in [-0.15, -0.1) is 45.2 Å². The van der Waals surface area contributed by atoms with Gasteiger partial charge in [0.05, 0.1) is 14.2 Å². The number of benzene rings is 3. The van der Waals surface area contributed by atoms with E-state index >= 15 is 0 Å². The Balaban J connectivity index is 0.00000184. The van der Waals surface area contributed by atoms with E-state index in [2.05, 4.69) is 54.0 Å². The molecule has 7 rings (SSSR count). The number of likely N-dealkylation sites (tertiary alicyclic amines) is 1. The summed E-state index contributed by atoms with van der Waals surface area (Å²) in [6, 6.07) is 20.5. The third-order valence-electron chi connectivity index (χ3n) is 7.68. The number of nitrogens with one attached hydrogen (secondary N) is 1. The molecule has 3 aromatic carbocycles. The molecule has 224 valence electrons. The van der Waals surface area contributed by atoms with E-state index in [1.165, 1.54) is 10.4 Å². The highest BCUT2D eigenvalue weighted by molar-refractivity contribution is 6.01. The molecule has 0 amide bonds. The first kappa shape index (κ1) is 30.3. The Kier molecular flexibility index (Phi) is 9.14. The zero-order chi connectivity index (χ0) is 27.8. The minimum absolute atomic E-state index is 0. The smallest absolute Gasteiger partial charge is 0.231 e. The molecule has 0 aliphatic carbocycles. The zero-order valence-corrected chi connectivity index (χ0v) is 25.4. The van der Waals surface area contributed by atoms with Crippen molar-refractivity contribution in [1.82, 2.24) is 35.3 Å². The predicted octanol–water partition coefficient (Wildman–Crippen LogP) is 5.14. The molecule has 0 unspecified atom stereocenters. The van der Waals surface area contributed by atoms with Crippen molar-refractivity contribution in [2.24, 2.45) is 7.05 Å². The third kappa shape index (κ3) is 6.29.